The number of likely N-dealkylation sites (tertiary alicyclic amines) is 2. The van der Waals surface area contributed by atoms with Crippen LogP contribution in [0.2, 0.25) is 0 Å². The third-order valence-corrected chi connectivity index (χ3v) is 5.07. The van der Waals surface area contributed by atoms with Crippen LogP contribution in [-0.4, -0.2) is 47.2 Å². The lowest BCUT2D eigenvalue weighted by Gasteiger charge is -2.27. The molecule has 1 aromatic carbocycles. The van der Waals surface area contributed by atoms with Crippen LogP contribution in [0.25, 0.3) is 0 Å². The minimum absolute atomic E-state index is 0.0739. The van der Waals surface area contributed by atoms with Crippen LogP contribution in [0.15, 0.2) is 24.3 Å². The van der Waals surface area contributed by atoms with Crippen LogP contribution in [0.1, 0.15) is 50.5 Å². The summed E-state index contributed by atoms with van der Waals surface area (Å²) in [5.41, 5.74) is 1.99. The summed E-state index contributed by atoms with van der Waals surface area (Å²) in [5.74, 6) is -0.320. The number of nitrogens with one attached hydrogen (secondary N) is 1. The van der Waals surface area contributed by atoms with E-state index < -0.39 is 0 Å². The van der Waals surface area contributed by atoms with E-state index in [2.05, 4.69) is 16.3 Å². The van der Waals surface area contributed by atoms with E-state index in [4.69, 9.17) is 0 Å². The molecular weight excluding hydrogens is 330 g/mol. The Morgan fingerprint density at radius 1 is 1.00 bits per heavy atom. The van der Waals surface area contributed by atoms with Crippen molar-refractivity contribution in [1.29, 1.82) is 0 Å². The summed E-state index contributed by atoms with van der Waals surface area (Å²) in [5, 5.41) is 2.99. The molecule has 2 heterocycles. The zero-order valence-electron chi connectivity index (χ0n) is 15.2. The van der Waals surface area contributed by atoms with E-state index in [1.807, 2.05) is 18.2 Å². The molecule has 0 unspecified atom stereocenters. The number of para-hydroxylation sites is 1. The highest BCUT2D eigenvalue weighted by Crippen LogP contribution is 2.20. The Bertz CT molecular complexity index is 652. The van der Waals surface area contributed by atoms with Gasteiger partial charge in [0, 0.05) is 38.0 Å². The van der Waals surface area contributed by atoms with Gasteiger partial charge in [-0.3, -0.25) is 24.2 Å². The first-order chi connectivity index (χ1) is 12.6. The van der Waals surface area contributed by atoms with E-state index in [0.29, 0.717) is 32.2 Å². The van der Waals surface area contributed by atoms with Crippen molar-refractivity contribution in [3.05, 3.63) is 29.8 Å². The largest absolute Gasteiger partial charge is 0.326 e. The molecule has 3 rings (SSSR count). The first kappa shape index (κ1) is 18.6. The van der Waals surface area contributed by atoms with Gasteiger partial charge in [0.15, 0.2) is 0 Å². The monoisotopic (exact) mass is 357 g/mol. The van der Waals surface area contributed by atoms with Gasteiger partial charge in [0.2, 0.25) is 17.7 Å². The summed E-state index contributed by atoms with van der Waals surface area (Å²) in [6.45, 7) is 3.41. The van der Waals surface area contributed by atoms with E-state index >= 15 is 0 Å². The van der Waals surface area contributed by atoms with Crippen LogP contribution in [0, 0.1) is 0 Å². The molecule has 0 radical (unpaired) electrons. The molecule has 0 saturated carbocycles. The van der Waals surface area contributed by atoms with E-state index in [9.17, 15) is 14.4 Å². The number of piperidine rings is 1. The maximum Gasteiger partial charge on any atom is 0.229 e. The van der Waals surface area contributed by atoms with Crippen molar-refractivity contribution >= 4 is 23.4 Å². The fourth-order valence-electron chi connectivity index (χ4n) is 3.62. The molecule has 6 heteroatoms. The summed E-state index contributed by atoms with van der Waals surface area (Å²) < 4.78 is 0. The van der Waals surface area contributed by atoms with Crippen molar-refractivity contribution in [1.82, 2.24) is 9.80 Å². The zero-order chi connectivity index (χ0) is 18.4. The maximum atomic E-state index is 12.3. The number of hydrogen-bond donors (Lipinski definition) is 1. The fourth-order valence-corrected chi connectivity index (χ4v) is 3.62. The van der Waals surface area contributed by atoms with Crippen molar-refractivity contribution in [2.24, 2.45) is 0 Å². The van der Waals surface area contributed by atoms with Crippen LogP contribution in [0.4, 0.5) is 5.69 Å². The molecule has 2 fully saturated rings. The molecule has 1 N–H and O–H groups in total. The molecule has 3 amide bonds. The Hall–Kier alpha value is -2.21. The number of hydrogen-bond acceptors (Lipinski definition) is 4. The van der Waals surface area contributed by atoms with Crippen LogP contribution in [-0.2, 0) is 20.9 Å². The van der Waals surface area contributed by atoms with Gasteiger partial charge in [-0.05, 0) is 44.0 Å². The van der Waals surface area contributed by atoms with Crippen LogP contribution >= 0.6 is 0 Å². The predicted octanol–water partition coefficient (Wildman–Crippen LogP) is 2.54. The van der Waals surface area contributed by atoms with E-state index in [0.717, 1.165) is 30.9 Å². The fraction of sp³-hybridized carbons (Fsp3) is 0.550. The van der Waals surface area contributed by atoms with Gasteiger partial charge in [0.25, 0.3) is 0 Å². The Morgan fingerprint density at radius 3 is 2.42 bits per heavy atom. The minimum Gasteiger partial charge on any atom is -0.326 e. The molecule has 0 spiro atoms. The maximum absolute atomic E-state index is 12.3. The number of imide groups is 1. The smallest absolute Gasteiger partial charge is 0.229 e. The van der Waals surface area contributed by atoms with Crippen LogP contribution in [0.5, 0.6) is 0 Å². The van der Waals surface area contributed by atoms with Crippen molar-refractivity contribution < 1.29 is 14.4 Å². The highest BCUT2D eigenvalue weighted by Gasteiger charge is 2.28. The minimum atomic E-state index is -0.123. The van der Waals surface area contributed by atoms with Gasteiger partial charge in [0.05, 0.1) is 0 Å². The number of anilines is 1. The van der Waals surface area contributed by atoms with E-state index in [-0.39, 0.29) is 17.7 Å². The van der Waals surface area contributed by atoms with E-state index in [1.165, 1.54) is 24.2 Å². The second kappa shape index (κ2) is 8.94. The van der Waals surface area contributed by atoms with Gasteiger partial charge in [0.1, 0.15) is 0 Å². The Balaban J connectivity index is 1.49. The van der Waals surface area contributed by atoms with Gasteiger partial charge in [-0.2, -0.15) is 0 Å². The molecule has 140 valence electrons. The molecule has 2 aliphatic heterocycles. The molecule has 2 saturated heterocycles. The molecule has 0 aliphatic carbocycles. The molecule has 1 aromatic rings. The topological polar surface area (TPSA) is 69.7 Å². The Labute approximate surface area is 154 Å². The van der Waals surface area contributed by atoms with E-state index in [1.54, 1.807) is 0 Å². The number of benzene rings is 1. The lowest BCUT2D eigenvalue weighted by atomic mass is 10.1. The standard InChI is InChI=1S/C20H27N3O3/c24-18(9-6-14-23-19(25)10-11-20(23)26)21-17-8-3-2-7-16(17)15-22-12-4-1-5-13-22/h2-3,7-8H,1,4-6,9-15H2,(H,21,24). The molecule has 0 atom stereocenters. The Morgan fingerprint density at radius 2 is 1.69 bits per heavy atom. The third-order valence-electron chi connectivity index (χ3n) is 5.07. The van der Waals surface area contributed by atoms with Crippen molar-refractivity contribution in [2.45, 2.75) is 51.5 Å². The molecule has 0 bridgehead atoms. The molecule has 26 heavy (non-hydrogen) atoms. The highest BCUT2D eigenvalue weighted by atomic mass is 16.2. The van der Waals surface area contributed by atoms with Crippen LogP contribution < -0.4 is 5.32 Å². The predicted molar refractivity (Wildman–Crippen MR) is 99.4 cm³/mol. The number of carbonyl (C=O) groups excluding carboxylic acids is 3. The molecule has 0 aromatic heterocycles. The average molecular weight is 357 g/mol. The van der Waals surface area contributed by atoms with Crippen molar-refractivity contribution in [2.75, 3.05) is 25.0 Å². The summed E-state index contributed by atoms with van der Waals surface area (Å²) in [7, 11) is 0. The molecular formula is C20H27N3O3. The Kier molecular flexibility index (Phi) is 6.39. The van der Waals surface area contributed by atoms with Gasteiger partial charge < -0.3 is 5.32 Å². The second-order valence-corrected chi connectivity index (χ2v) is 7.08. The number of amides is 3. The summed E-state index contributed by atoms with van der Waals surface area (Å²) in [4.78, 5) is 39.2. The van der Waals surface area contributed by atoms with Gasteiger partial charge >= 0.3 is 0 Å². The van der Waals surface area contributed by atoms with Crippen LogP contribution in [0.3, 0.4) is 0 Å². The molecule has 2 aliphatic rings. The zero-order valence-corrected chi connectivity index (χ0v) is 15.2. The lowest BCUT2D eigenvalue weighted by molar-refractivity contribution is -0.138. The highest BCUT2D eigenvalue weighted by molar-refractivity contribution is 6.02. The first-order valence-electron chi connectivity index (χ1n) is 9.57. The van der Waals surface area contributed by atoms with Gasteiger partial charge in [-0.15, -0.1) is 0 Å². The third kappa shape index (κ3) is 4.91. The van der Waals surface area contributed by atoms with Crippen molar-refractivity contribution in [3.8, 4) is 0 Å². The number of rotatable bonds is 7. The number of nitrogens with zero attached hydrogens (tertiary/aromatic N) is 2. The average Bonchev–Trinajstić information content (AvgIpc) is 2.96. The van der Waals surface area contributed by atoms with Gasteiger partial charge in [-0.25, -0.2) is 0 Å². The second-order valence-electron chi connectivity index (χ2n) is 7.08. The molecule has 6 nitrogen and oxygen atoms in total. The number of carbonyl (C=O) groups is 3. The summed E-state index contributed by atoms with van der Waals surface area (Å²) in [6.07, 6.45) is 5.18. The quantitative estimate of drug-likeness (QED) is 0.762. The first-order valence-corrected chi connectivity index (χ1v) is 9.57. The normalized spacial score (nSPS) is 18.4. The lowest BCUT2D eigenvalue weighted by Crippen LogP contribution is -2.31. The van der Waals surface area contributed by atoms with Crippen molar-refractivity contribution in [3.63, 3.8) is 0 Å². The van der Waals surface area contributed by atoms with Gasteiger partial charge in [-0.1, -0.05) is 24.6 Å². The SMILES string of the molecule is O=C(CCCN1C(=O)CCC1=O)Nc1ccccc1CN1CCCCC1. The summed E-state index contributed by atoms with van der Waals surface area (Å²) >= 11 is 0. The summed E-state index contributed by atoms with van der Waals surface area (Å²) in [6, 6.07) is 7.92.